The molecule has 1 unspecified atom stereocenters. The van der Waals surface area contributed by atoms with Crippen LogP contribution in [0.2, 0.25) is 0 Å². The molecule has 0 N–H and O–H groups in total. The van der Waals surface area contributed by atoms with E-state index in [1.807, 2.05) is 66.0 Å². The second-order valence-electron chi connectivity index (χ2n) is 8.23. The number of nitrogens with zero attached hydrogens (tertiary/aromatic N) is 3. The fraction of sp³-hybridized carbons (Fsp3) is 0.240. The Kier molecular flexibility index (Phi) is 6.30. The average molecular weight is 494 g/mol. The molecule has 0 bridgehead atoms. The van der Waals surface area contributed by atoms with E-state index in [1.54, 1.807) is 4.90 Å². The Hall–Kier alpha value is -3.30. The number of fused-ring (bicyclic) bond motifs is 1. The van der Waals surface area contributed by atoms with Gasteiger partial charge in [0.05, 0.1) is 16.9 Å². The minimum Gasteiger partial charge on any atom is -0.467 e. The molecule has 1 aliphatic rings. The molecule has 0 aliphatic carbocycles. The smallest absolute Gasteiger partial charge is 0.261 e. The lowest BCUT2D eigenvalue weighted by atomic mass is 10.1. The van der Waals surface area contributed by atoms with Crippen molar-refractivity contribution in [2.24, 2.45) is 0 Å². The highest BCUT2D eigenvalue weighted by Crippen LogP contribution is 2.37. The number of hydrogen-bond acceptors (Lipinski definition) is 7. The minimum absolute atomic E-state index is 0.0218. The van der Waals surface area contributed by atoms with Crippen molar-refractivity contribution in [1.82, 2.24) is 14.9 Å². The molecular weight excluding hydrogens is 470 g/mol. The van der Waals surface area contributed by atoms with E-state index >= 15 is 0 Å². The van der Waals surface area contributed by atoms with Crippen molar-refractivity contribution in [2.75, 3.05) is 18.1 Å². The lowest BCUT2D eigenvalue weighted by molar-refractivity contribution is -0.136. The summed E-state index contributed by atoms with van der Waals surface area (Å²) in [6, 6.07) is 19.1. The molecule has 1 atom stereocenters. The fourth-order valence-electron chi connectivity index (χ4n) is 4.22. The van der Waals surface area contributed by atoms with Crippen molar-refractivity contribution in [1.29, 1.82) is 0 Å². The number of thiophene rings is 1. The molecule has 7 nitrogen and oxygen atoms in total. The van der Waals surface area contributed by atoms with Crippen LogP contribution in [0.3, 0.4) is 0 Å². The summed E-state index contributed by atoms with van der Waals surface area (Å²) in [7, 11) is -3.14. The van der Waals surface area contributed by atoms with Crippen molar-refractivity contribution >= 4 is 37.3 Å². The van der Waals surface area contributed by atoms with Gasteiger partial charge < -0.3 is 9.64 Å². The number of carbonyl (C=O) groups is 1. The Balaban J connectivity index is 1.40. The summed E-state index contributed by atoms with van der Waals surface area (Å²) >= 11 is 1.49. The second-order valence-corrected chi connectivity index (χ2v) is 11.3. The molecule has 0 saturated carbocycles. The summed E-state index contributed by atoms with van der Waals surface area (Å²) in [5.41, 5.74) is 2.90. The van der Waals surface area contributed by atoms with E-state index in [1.165, 1.54) is 17.7 Å². The molecule has 3 heterocycles. The van der Waals surface area contributed by atoms with Gasteiger partial charge in [0.15, 0.2) is 16.4 Å². The third kappa shape index (κ3) is 4.80. The monoisotopic (exact) mass is 493 g/mol. The highest BCUT2D eigenvalue weighted by atomic mass is 32.2. The van der Waals surface area contributed by atoms with Gasteiger partial charge in [-0.2, -0.15) is 0 Å². The number of sulfone groups is 1. The van der Waals surface area contributed by atoms with Gasteiger partial charge in [0.1, 0.15) is 11.2 Å². The number of rotatable bonds is 7. The van der Waals surface area contributed by atoms with Crippen LogP contribution >= 0.6 is 11.3 Å². The molecule has 174 valence electrons. The quantitative estimate of drug-likeness (QED) is 0.387. The van der Waals surface area contributed by atoms with Gasteiger partial charge in [0.25, 0.3) is 5.91 Å². The summed E-state index contributed by atoms with van der Waals surface area (Å²) in [6.45, 7) is 0.0929. The van der Waals surface area contributed by atoms with Crippen LogP contribution in [0.25, 0.3) is 21.3 Å². The zero-order chi connectivity index (χ0) is 23.5. The molecule has 4 aromatic rings. The van der Waals surface area contributed by atoms with Gasteiger partial charge in [-0.25, -0.2) is 18.4 Å². The summed E-state index contributed by atoms with van der Waals surface area (Å²) in [5, 5.41) is 2.78. The molecule has 9 heteroatoms. The lowest BCUT2D eigenvalue weighted by Gasteiger charge is -2.28. The van der Waals surface area contributed by atoms with E-state index in [0.29, 0.717) is 18.8 Å². The van der Waals surface area contributed by atoms with Crippen molar-refractivity contribution in [3.05, 3.63) is 77.9 Å². The van der Waals surface area contributed by atoms with Crippen molar-refractivity contribution in [2.45, 2.75) is 19.0 Å². The average Bonchev–Trinajstić information content (AvgIpc) is 3.45. The van der Waals surface area contributed by atoms with Gasteiger partial charge in [-0.05, 0) is 17.5 Å². The largest absolute Gasteiger partial charge is 0.467 e. The molecule has 0 spiro atoms. The number of aromatic nitrogens is 2. The number of ether oxygens (including phenoxy) is 1. The Morgan fingerprint density at radius 3 is 2.50 bits per heavy atom. The molecule has 1 amide bonds. The van der Waals surface area contributed by atoms with Crippen LogP contribution in [0.15, 0.2) is 72.4 Å². The number of amides is 1. The molecule has 1 aliphatic heterocycles. The van der Waals surface area contributed by atoms with Crippen LogP contribution in [0.1, 0.15) is 12.0 Å². The standard InChI is InChI=1S/C25H23N3O4S2/c29-22(28(13-18-7-3-1-4-8-18)20-11-12-34(30,31)16-20)14-32-24-23-21(19-9-5-2-6-10-19)15-33-25(23)27-17-26-24/h1-10,15,17,20H,11-14,16H2. The molecular formula is C25H23N3O4S2. The summed E-state index contributed by atoms with van der Waals surface area (Å²) in [6.07, 6.45) is 1.86. The Labute approximate surface area is 202 Å². The second kappa shape index (κ2) is 9.52. The first-order valence-electron chi connectivity index (χ1n) is 10.9. The van der Waals surface area contributed by atoms with Gasteiger partial charge in [0, 0.05) is 23.5 Å². The maximum absolute atomic E-state index is 13.3. The zero-order valence-corrected chi connectivity index (χ0v) is 20.0. The van der Waals surface area contributed by atoms with Crippen LogP contribution in [0.5, 0.6) is 5.88 Å². The first kappa shape index (κ1) is 22.5. The zero-order valence-electron chi connectivity index (χ0n) is 18.3. The minimum atomic E-state index is -3.14. The predicted molar refractivity (Wildman–Crippen MR) is 132 cm³/mol. The normalized spacial score (nSPS) is 17.0. The maximum atomic E-state index is 13.3. The number of benzene rings is 2. The van der Waals surface area contributed by atoms with E-state index in [4.69, 9.17) is 4.74 Å². The molecule has 5 rings (SSSR count). The summed E-state index contributed by atoms with van der Waals surface area (Å²) < 4.78 is 30.2. The van der Waals surface area contributed by atoms with Gasteiger partial charge in [-0.3, -0.25) is 4.79 Å². The van der Waals surface area contributed by atoms with E-state index < -0.39 is 9.84 Å². The lowest BCUT2D eigenvalue weighted by Crippen LogP contribution is -2.43. The fourth-order valence-corrected chi connectivity index (χ4v) is 6.86. The van der Waals surface area contributed by atoms with Crippen molar-refractivity contribution in [3.63, 3.8) is 0 Å². The Morgan fingerprint density at radius 2 is 1.79 bits per heavy atom. The van der Waals surface area contributed by atoms with Crippen LogP contribution in [-0.2, 0) is 21.2 Å². The Morgan fingerprint density at radius 1 is 1.06 bits per heavy atom. The molecule has 0 radical (unpaired) electrons. The van der Waals surface area contributed by atoms with Gasteiger partial charge in [-0.15, -0.1) is 11.3 Å². The highest BCUT2D eigenvalue weighted by Gasteiger charge is 2.35. The topological polar surface area (TPSA) is 89.5 Å². The Bertz CT molecular complexity index is 1410. The van der Waals surface area contributed by atoms with Crippen LogP contribution in [-0.4, -0.2) is 53.3 Å². The third-order valence-electron chi connectivity index (χ3n) is 5.92. The van der Waals surface area contributed by atoms with Crippen LogP contribution in [0, 0.1) is 0 Å². The van der Waals surface area contributed by atoms with Gasteiger partial charge in [-0.1, -0.05) is 60.7 Å². The van der Waals surface area contributed by atoms with E-state index in [2.05, 4.69) is 9.97 Å². The number of carbonyl (C=O) groups excluding carboxylic acids is 1. The predicted octanol–water partition coefficient (Wildman–Crippen LogP) is 3.95. The van der Waals surface area contributed by atoms with E-state index in [-0.39, 0.29) is 30.1 Å². The van der Waals surface area contributed by atoms with Gasteiger partial charge in [0.2, 0.25) is 5.88 Å². The molecule has 34 heavy (non-hydrogen) atoms. The number of hydrogen-bond donors (Lipinski definition) is 0. The first-order valence-corrected chi connectivity index (χ1v) is 13.6. The van der Waals surface area contributed by atoms with Crippen molar-refractivity contribution in [3.8, 4) is 17.0 Å². The SMILES string of the molecule is O=C(COc1ncnc2scc(-c3ccccc3)c12)N(Cc1ccccc1)C1CCS(=O)(=O)C1. The first-order chi connectivity index (χ1) is 16.5. The summed E-state index contributed by atoms with van der Waals surface area (Å²) in [5.74, 6) is 0.150. The van der Waals surface area contributed by atoms with Crippen LogP contribution < -0.4 is 4.74 Å². The molecule has 1 fully saturated rings. The van der Waals surface area contributed by atoms with Gasteiger partial charge >= 0.3 is 0 Å². The molecule has 2 aromatic carbocycles. The summed E-state index contributed by atoms with van der Waals surface area (Å²) in [4.78, 5) is 24.4. The highest BCUT2D eigenvalue weighted by molar-refractivity contribution is 7.91. The molecule has 2 aromatic heterocycles. The van der Waals surface area contributed by atoms with E-state index in [0.717, 1.165) is 26.9 Å². The maximum Gasteiger partial charge on any atom is 0.261 e. The van der Waals surface area contributed by atoms with Crippen molar-refractivity contribution < 1.29 is 17.9 Å². The van der Waals surface area contributed by atoms with Crippen LogP contribution in [0.4, 0.5) is 0 Å². The van der Waals surface area contributed by atoms with E-state index in [9.17, 15) is 13.2 Å². The third-order valence-corrected chi connectivity index (χ3v) is 8.55. The molecule has 1 saturated heterocycles.